The maximum Gasteiger partial charge on any atom is 0.385 e. The molecule has 0 spiro atoms. The third kappa shape index (κ3) is 5.18. The third-order valence-electron chi connectivity index (χ3n) is 3.14. The van der Waals surface area contributed by atoms with E-state index in [0.717, 1.165) is 18.4 Å². The number of benzene rings is 1. The molecule has 0 N–H and O–H groups in total. The fourth-order valence-corrected chi connectivity index (χ4v) is 2.11. The van der Waals surface area contributed by atoms with Crippen molar-refractivity contribution in [2.24, 2.45) is 0 Å². The van der Waals surface area contributed by atoms with Crippen LogP contribution in [-0.2, 0) is 9.53 Å². The molecular formula is C18H18O2. The van der Waals surface area contributed by atoms with Crippen LogP contribution in [0.25, 0.3) is 0 Å². The first-order valence-corrected chi connectivity index (χ1v) is 7.01. The molecule has 1 aliphatic rings. The lowest BCUT2D eigenvalue weighted by Gasteiger charge is -2.10. The maximum absolute atomic E-state index is 11.4. The van der Waals surface area contributed by atoms with Crippen molar-refractivity contribution in [3.63, 3.8) is 0 Å². The molecule has 2 rings (SSSR count). The van der Waals surface area contributed by atoms with Crippen molar-refractivity contribution in [3.05, 3.63) is 53.3 Å². The summed E-state index contributed by atoms with van der Waals surface area (Å²) in [6.45, 7) is 0.242. The summed E-state index contributed by atoms with van der Waals surface area (Å²) in [6, 6.07) is 9.39. The third-order valence-corrected chi connectivity index (χ3v) is 3.14. The molecule has 0 aromatic heterocycles. The van der Waals surface area contributed by atoms with Crippen LogP contribution in [0.15, 0.2) is 47.7 Å². The van der Waals surface area contributed by atoms with Crippen molar-refractivity contribution >= 4 is 5.97 Å². The van der Waals surface area contributed by atoms with E-state index < -0.39 is 5.97 Å². The number of esters is 1. The second-order valence-electron chi connectivity index (χ2n) is 4.73. The van der Waals surface area contributed by atoms with Gasteiger partial charge in [0.2, 0.25) is 0 Å². The fraction of sp³-hybridized carbons (Fsp3) is 0.333. The first kappa shape index (κ1) is 14.2. The molecule has 0 atom stereocenters. The second kappa shape index (κ2) is 8.04. The minimum Gasteiger partial charge on any atom is -0.451 e. The normalized spacial score (nSPS) is 13.7. The highest BCUT2D eigenvalue weighted by atomic mass is 16.5. The van der Waals surface area contributed by atoms with E-state index in [9.17, 15) is 4.79 Å². The number of carbonyl (C=O) groups excluding carboxylic acids is 1. The topological polar surface area (TPSA) is 26.3 Å². The van der Waals surface area contributed by atoms with E-state index in [2.05, 4.69) is 17.6 Å². The highest BCUT2D eigenvalue weighted by molar-refractivity contribution is 5.89. The molecule has 0 aliphatic heterocycles. The summed E-state index contributed by atoms with van der Waals surface area (Å²) >= 11 is 0. The van der Waals surface area contributed by atoms with Gasteiger partial charge in [-0.2, -0.15) is 0 Å². The summed E-state index contributed by atoms with van der Waals surface area (Å²) in [6.07, 6.45) is 7.84. The highest BCUT2D eigenvalue weighted by Crippen LogP contribution is 2.21. The average Bonchev–Trinajstić information content (AvgIpc) is 2.52. The smallest absolute Gasteiger partial charge is 0.385 e. The Balaban J connectivity index is 1.78. The van der Waals surface area contributed by atoms with Gasteiger partial charge in [-0.15, -0.1) is 5.73 Å². The van der Waals surface area contributed by atoms with E-state index in [1.807, 2.05) is 30.3 Å². The number of hydrogen-bond donors (Lipinski definition) is 0. The van der Waals surface area contributed by atoms with E-state index in [1.54, 1.807) is 6.08 Å². The van der Waals surface area contributed by atoms with Gasteiger partial charge in [-0.3, -0.25) is 0 Å². The van der Waals surface area contributed by atoms with Gasteiger partial charge in [0.25, 0.3) is 0 Å². The van der Waals surface area contributed by atoms with E-state index >= 15 is 0 Å². The number of rotatable bonds is 2. The first-order chi connectivity index (χ1) is 9.84. The van der Waals surface area contributed by atoms with Crippen molar-refractivity contribution in [2.45, 2.75) is 32.1 Å². The van der Waals surface area contributed by atoms with Gasteiger partial charge >= 0.3 is 5.97 Å². The summed E-state index contributed by atoms with van der Waals surface area (Å²) in [7, 11) is 0. The van der Waals surface area contributed by atoms with Gasteiger partial charge in [-0.25, -0.2) is 4.79 Å². The largest absolute Gasteiger partial charge is 0.451 e. The van der Waals surface area contributed by atoms with Crippen LogP contribution in [0, 0.1) is 11.8 Å². The summed E-state index contributed by atoms with van der Waals surface area (Å²) in [5, 5.41) is 0. The predicted octanol–water partition coefficient (Wildman–Crippen LogP) is 3.63. The molecule has 2 nitrogen and oxygen atoms in total. The minimum absolute atomic E-state index is 0.242. The van der Waals surface area contributed by atoms with Gasteiger partial charge in [0.05, 0.1) is 0 Å². The zero-order valence-corrected chi connectivity index (χ0v) is 11.5. The summed E-state index contributed by atoms with van der Waals surface area (Å²) in [4.78, 5) is 11.4. The average molecular weight is 266 g/mol. The van der Waals surface area contributed by atoms with Crippen LogP contribution in [0.2, 0.25) is 0 Å². The maximum atomic E-state index is 11.4. The molecule has 0 bridgehead atoms. The lowest BCUT2D eigenvalue weighted by Crippen LogP contribution is -2.00. The van der Waals surface area contributed by atoms with Gasteiger partial charge in [0.1, 0.15) is 6.61 Å². The molecule has 1 aliphatic carbocycles. The molecular weight excluding hydrogens is 248 g/mol. The monoisotopic (exact) mass is 266 g/mol. The van der Waals surface area contributed by atoms with Crippen LogP contribution in [0.1, 0.15) is 37.7 Å². The SMILES string of the molecule is O=C(C#Cc1ccccc1)OCC=C=C1CCCCC1. The highest BCUT2D eigenvalue weighted by Gasteiger charge is 2.03. The Bertz CT molecular complexity index is 558. The van der Waals surface area contributed by atoms with Crippen LogP contribution in [-0.4, -0.2) is 12.6 Å². The Morgan fingerprint density at radius 3 is 2.65 bits per heavy atom. The molecule has 102 valence electrons. The summed E-state index contributed by atoms with van der Waals surface area (Å²) in [5.41, 5.74) is 5.36. The number of ether oxygens (including phenoxy) is 1. The van der Waals surface area contributed by atoms with Crippen molar-refractivity contribution in [3.8, 4) is 11.8 Å². The zero-order valence-electron chi connectivity index (χ0n) is 11.5. The van der Waals surface area contributed by atoms with Crippen molar-refractivity contribution < 1.29 is 9.53 Å². The van der Waals surface area contributed by atoms with E-state index in [1.165, 1.54) is 24.8 Å². The Hall–Kier alpha value is -2.23. The fourth-order valence-electron chi connectivity index (χ4n) is 2.11. The van der Waals surface area contributed by atoms with Crippen LogP contribution >= 0.6 is 0 Å². The first-order valence-electron chi connectivity index (χ1n) is 7.01. The number of hydrogen-bond acceptors (Lipinski definition) is 2. The summed E-state index contributed by atoms with van der Waals surface area (Å²) in [5.74, 6) is 4.74. The zero-order chi connectivity index (χ0) is 14.0. The lowest BCUT2D eigenvalue weighted by molar-refractivity contribution is -0.135. The van der Waals surface area contributed by atoms with Gasteiger partial charge in [-0.1, -0.05) is 30.5 Å². The minimum atomic E-state index is -0.499. The molecule has 0 heterocycles. The molecule has 20 heavy (non-hydrogen) atoms. The van der Waals surface area contributed by atoms with E-state index in [-0.39, 0.29) is 6.61 Å². The summed E-state index contributed by atoms with van der Waals surface area (Å²) < 4.78 is 5.01. The molecule has 0 saturated heterocycles. The van der Waals surface area contributed by atoms with Crippen molar-refractivity contribution in [2.75, 3.05) is 6.61 Å². The van der Waals surface area contributed by atoms with E-state index in [4.69, 9.17) is 4.74 Å². The Kier molecular flexibility index (Phi) is 5.71. The van der Waals surface area contributed by atoms with Gasteiger partial charge in [-0.05, 0) is 49.5 Å². The Morgan fingerprint density at radius 1 is 1.15 bits per heavy atom. The number of carbonyl (C=O) groups is 1. The van der Waals surface area contributed by atoms with Crippen molar-refractivity contribution in [1.29, 1.82) is 0 Å². The molecule has 0 amide bonds. The van der Waals surface area contributed by atoms with Crippen molar-refractivity contribution in [1.82, 2.24) is 0 Å². The quantitative estimate of drug-likeness (QED) is 0.464. The van der Waals surface area contributed by atoms with Crippen LogP contribution < -0.4 is 0 Å². The Morgan fingerprint density at radius 2 is 1.90 bits per heavy atom. The van der Waals surface area contributed by atoms with Gasteiger partial charge in [0, 0.05) is 11.5 Å². The molecule has 0 radical (unpaired) electrons. The predicted molar refractivity (Wildman–Crippen MR) is 79.0 cm³/mol. The molecule has 1 aromatic rings. The lowest BCUT2D eigenvalue weighted by atomic mass is 9.96. The van der Waals surface area contributed by atoms with E-state index in [0.29, 0.717) is 0 Å². The molecule has 1 aromatic carbocycles. The molecule has 2 heteroatoms. The molecule has 1 saturated carbocycles. The van der Waals surface area contributed by atoms with Crippen LogP contribution in [0.4, 0.5) is 0 Å². The van der Waals surface area contributed by atoms with Gasteiger partial charge in [0.15, 0.2) is 0 Å². The second-order valence-corrected chi connectivity index (χ2v) is 4.73. The van der Waals surface area contributed by atoms with Crippen LogP contribution in [0.5, 0.6) is 0 Å². The Labute approximate surface area is 120 Å². The standard InChI is InChI=1S/C18H18O2/c19-18(14-13-17-10-5-2-6-11-17)20-15-7-12-16-8-3-1-4-9-16/h2,5-7,10-11H,1,3-4,8-9,15H2. The van der Waals surface area contributed by atoms with Gasteiger partial charge < -0.3 is 4.74 Å². The molecule has 1 fully saturated rings. The molecule has 0 unspecified atom stereocenters. The van der Waals surface area contributed by atoms with Crippen LogP contribution in [0.3, 0.4) is 0 Å².